The van der Waals surface area contributed by atoms with Gasteiger partial charge >= 0.3 is 0 Å². The lowest BCUT2D eigenvalue weighted by molar-refractivity contribution is 1.32. The normalized spacial score (nSPS) is 8.33. The monoisotopic (exact) mass is 383 g/mol. The van der Waals surface area contributed by atoms with Crippen molar-refractivity contribution in [3.8, 4) is 0 Å². The van der Waals surface area contributed by atoms with Crippen molar-refractivity contribution in [3.63, 3.8) is 0 Å². The van der Waals surface area contributed by atoms with Gasteiger partial charge in [0.1, 0.15) is 0 Å². The zero-order valence-corrected chi connectivity index (χ0v) is 19.4. The fourth-order valence-electron chi connectivity index (χ4n) is 2.08. The fourth-order valence-corrected chi connectivity index (χ4v) is 4.18. The second-order valence-electron chi connectivity index (χ2n) is 4.25. The Kier molecular flexibility index (Phi) is 20.5. The van der Waals surface area contributed by atoms with Crippen LogP contribution in [0, 0.1) is 0 Å². The SMILES string of the molecule is CC.CC.CC.CC.c1ccc([S+](c2ccccc2)c2ccccc2)cc1. The summed E-state index contributed by atoms with van der Waals surface area (Å²) < 4.78 is 0. The standard InChI is InChI=1S/C18H15S.4C2H6/c1-4-10-16(11-5-1)19(17-12-6-2-7-13-17)18-14-8-3-9-15-18;4*1-2/h1-15H;4*1-2H3/q+1;;;;. The number of hydrogen-bond acceptors (Lipinski definition) is 0. The predicted molar refractivity (Wildman–Crippen MR) is 127 cm³/mol. The molecular weight excluding hydrogens is 344 g/mol. The molecule has 0 fully saturated rings. The van der Waals surface area contributed by atoms with E-state index in [1.54, 1.807) is 0 Å². The van der Waals surface area contributed by atoms with E-state index in [0.717, 1.165) is 0 Å². The summed E-state index contributed by atoms with van der Waals surface area (Å²) in [6.45, 7) is 16.0. The predicted octanol–water partition coefficient (Wildman–Crippen LogP) is 8.89. The summed E-state index contributed by atoms with van der Waals surface area (Å²) in [7, 11) is -0.0146. The molecule has 27 heavy (non-hydrogen) atoms. The van der Waals surface area contributed by atoms with Crippen molar-refractivity contribution in [2.75, 3.05) is 0 Å². The minimum Gasteiger partial charge on any atom is -0.0683 e. The Morgan fingerprint density at radius 2 is 0.519 bits per heavy atom. The molecule has 3 aromatic rings. The maximum Gasteiger partial charge on any atom is 0.166 e. The smallest absolute Gasteiger partial charge is 0.0683 e. The molecule has 0 aliphatic heterocycles. The zero-order chi connectivity index (χ0) is 20.9. The summed E-state index contributed by atoms with van der Waals surface area (Å²) >= 11 is 0. The van der Waals surface area contributed by atoms with Crippen LogP contribution in [0.15, 0.2) is 106 Å². The summed E-state index contributed by atoms with van der Waals surface area (Å²) in [5, 5.41) is 0. The van der Waals surface area contributed by atoms with E-state index in [0.29, 0.717) is 0 Å². The fraction of sp³-hybridized carbons (Fsp3) is 0.308. The Balaban J connectivity index is 0. The lowest BCUT2D eigenvalue weighted by atomic mass is 10.4. The zero-order valence-electron chi connectivity index (χ0n) is 18.6. The molecule has 0 radical (unpaired) electrons. The average Bonchev–Trinajstić information content (AvgIpc) is 2.82. The molecule has 148 valence electrons. The van der Waals surface area contributed by atoms with Gasteiger partial charge in [-0.3, -0.25) is 0 Å². The van der Waals surface area contributed by atoms with Gasteiger partial charge in [0.2, 0.25) is 0 Å². The summed E-state index contributed by atoms with van der Waals surface area (Å²) in [5.74, 6) is 0. The molecule has 0 heterocycles. The topological polar surface area (TPSA) is 0 Å². The van der Waals surface area contributed by atoms with Crippen LogP contribution in [0.25, 0.3) is 0 Å². The van der Waals surface area contributed by atoms with Gasteiger partial charge in [-0.25, -0.2) is 0 Å². The van der Waals surface area contributed by atoms with E-state index in [2.05, 4.69) is 91.0 Å². The van der Waals surface area contributed by atoms with Gasteiger partial charge < -0.3 is 0 Å². The first kappa shape index (κ1) is 27.2. The van der Waals surface area contributed by atoms with Crippen molar-refractivity contribution in [1.29, 1.82) is 0 Å². The summed E-state index contributed by atoms with van der Waals surface area (Å²) in [4.78, 5) is 4.08. The molecule has 0 spiro atoms. The highest BCUT2D eigenvalue weighted by Crippen LogP contribution is 2.30. The third-order valence-corrected chi connectivity index (χ3v) is 5.17. The molecule has 0 saturated heterocycles. The van der Waals surface area contributed by atoms with Crippen LogP contribution in [-0.4, -0.2) is 0 Å². The summed E-state index contributed by atoms with van der Waals surface area (Å²) in [5.41, 5.74) is 0. The van der Waals surface area contributed by atoms with Crippen LogP contribution in [0.4, 0.5) is 0 Å². The summed E-state index contributed by atoms with van der Waals surface area (Å²) in [6, 6.07) is 32.2. The third-order valence-electron chi connectivity index (χ3n) is 2.94. The molecule has 0 unspecified atom stereocenters. The first-order valence-corrected chi connectivity index (χ1v) is 11.6. The van der Waals surface area contributed by atoms with Crippen LogP contribution < -0.4 is 0 Å². The minimum atomic E-state index is -0.0146. The van der Waals surface area contributed by atoms with Crippen LogP contribution in [0.2, 0.25) is 0 Å². The lowest BCUT2D eigenvalue weighted by Crippen LogP contribution is -2.04. The van der Waals surface area contributed by atoms with Gasteiger partial charge in [-0.05, 0) is 36.4 Å². The van der Waals surface area contributed by atoms with Gasteiger partial charge in [0.15, 0.2) is 14.7 Å². The van der Waals surface area contributed by atoms with Crippen molar-refractivity contribution in [2.45, 2.75) is 70.1 Å². The Bertz CT molecular complexity index is 524. The Morgan fingerprint density at radius 3 is 0.704 bits per heavy atom. The molecule has 0 N–H and O–H groups in total. The van der Waals surface area contributed by atoms with Crippen LogP contribution in [-0.2, 0) is 10.9 Å². The van der Waals surface area contributed by atoms with E-state index in [1.807, 2.05) is 55.4 Å². The van der Waals surface area contributed by atoms with Gasteiger partial charge in [-0.1, -0.05) is 110 Å². The number of hydrogen-bond donors (Lipinski definition) is 0. The van der Waals surface area contributed by atoms with Gasteiger partial charge in [0.25, 0.3) is 0 Å². The van der Waals surface area contributed by atoms with Crippen LogP contribution >= 0.6 is 0 Å². The first-order chi connectivity index (χ1) is 13.4. The van der Waals surface area contributed by atoms with Gasteiger partial charge in [0.05, 0.1) is 10.9 Å². The highest BCUT2D eigenvalue weighted by atomic mass is 32.2. The van der Waals surface area contributed by atoms with Crippen LogP contribution in [0.1, 0.15) is 55.4 Å². The van der Waals surface area contributed by atoms with Gasteiger partial charge in [0, 0.05) is 0 Å². The van der Waals surface area contributed by atoms with E-state index in [-0.39, 0.29) is 10.9 Å². The van der Waals surface area contributed by atoms with Gasteiger partial charge in [-0.15, -0.1) is 0 Å². The quantitative estimate of drug-likeness (QED) is 0.396. The molecule has 3 aromatic carbocycles. The van der Waals surface area contributed by atoms with Crippen molar-refractivity contribution >= 4 is 10.9 Å². The molecule has 0 atom stereocenters. The molecule has 0 aliphatic rings. The number of rotatable bonds is 3. The maximum atomic E-state index is 2.21. The molecule has 0 aliphatic carbocycles. The lowest BCUT2D eigenvalue weighted by Gasteiger charge is -2.07. The molecule has 1 heteroatoms. The largest absolute Gasteiger partial charge is 0.166 e. The highest BCUT2D eigenvalue weighted by molar-refractivity contribution is 7.97. The molecule has 0 amide bonds. The Labute approximate surface area is 172 Å². The highest BCUT2D eigenvalue weighted by Gasteiger charge is 2.27. The van der Waals surface area contributed by atoms with E-state index >= 15 is 0 Å². The van der Waals surface area contributed by atoms with Gasteiger partial charge in [-0.2, -0.15) is 0 Å². The average molecular weight is 384 g/mol. The molecule has 3 rings (SSSR count). The second-order valence-corrected chi connectivity index (χ2v) is 6.27. The molecule has 0 bridgehead atoms. The Hall–Kier alpha value is -1.99. The van der Waals surface area contributed by atoms with E-state index in [9.17, 15) is 0 Å². The third kappa shape index (κ3) is 10.1. The molecule has 0 aromatic heterocycles. The van der Waals surface area contributed by atoms with E-state index < -0.39 is 0 Å². The molecule has 0 nitrogen and oxygen atoms in total. The number of benzene rings is 3. The first-order valence-electron chi connectivity index (χ1n) is 10.3. The molecular formula is C26H39S+. The Morgan fingerprint density at radius 1 is 0.333 bits per heavy atom. The van der Waals surface area contributed by atoms with Crippen molar-refractivity contribution in [3.05, 3.63) is 91.0 Å². The van der Waals surface area contributed by atoms with Crippen molar-refractivity contribution in [2.24, 2.45) is 0 Å². The maximum absolute atomic E-state index is 2.21. The van der Waals surface area contributed by atoms with Crippen molar-refractivity contribution in [1.82, 2.24) is 0 Å². The second kappa shape index (κ2) is 20.3. The minimum absolute atomic E-state index is 0.0146. The van der Waals surface area contributed by atoms with Crippen LogP contribution in [0.5, 0.6) is 0 Å². The molecule has 0 saturated carbocycles. The van der Waals surface area contributed by atoms with E-state index in [1.165, 1.54) is 14.7 Å². The van der Waals surface area contributed by atoms with E-state index in [4.69, 9.17) is 0 Å². The summed E-state index contributed by atoms with van der Waals surface area (Å²) in [6.07, 6.45) is 0. The van der Waals surface area contributed by atoms with Crippen LogP contribution in [0.3, 0.4) is 0 Å². The van der Waals surface area contributed by atoms with Crippen molar-refractivity contribution < 1.29 is 0 Å².